The van der Waals surface area contributed by atoms with E-state index in [1.54, 1.807) is 7.11 Å². The predicted octanol–water partition coefficient (Wildman–Crippen LogP) is 1.88. The Hall–Kier alpha value is -1.57. The van der Waals surface area contributed by atoms with Gasteiger partial charge in [0, 0.05) is 33.4 Å². The van der Waals surface area contributed by atoms with E-state index < -0.39 is 0 Å². The van der Waals surface area contributed by atoms with Crippen LogP contribution in [0.15, 0.2) is 18.2 Å². The van der Waals surface area contributed by atoms with Crippen molar-refractivity contribution in [1.82, 2.24) is 0 Å². The number of nitriles is 1. The van der Waals surface area contributed by atoms with Crippen molar-refractivity contribution >= 4 is 5.69 Å². The van der Waals surface area contributed by atoms with Crippen LogP contribution in [0.4, 0.5) is 5.69 Å². The third kappa shape index (κ3) is 3.25. The van der Waals surface area contributed by atoms with Gasteiger partial charge in [0.2, 0.25) is 0 Å². The lowest BCUT2D eigenvalue weighted by molar-refractivity contribution is 0.139. The van der Waals surface area contributed by atoms with Gasteiger partial charge in [-0.05, 0) is 36.5 Å². The number of piperidine rings is 1. The molecule has 1 aliphatic rings. The second kappa shape index (κ2) is 6.55. The van der Waals surface area contributed by atoms with Crippen LogP contribution >= 0.6 is 0 Å². The Labute approximate surface area is 114 Å². The van der Waals surface area contributed by atoms with E-state index in [0.717, 1.165) is 49.4 Å². The van der Waals surface area contributed by atoms with Crippen molar-refractivity contribution in [2.75, 3.05) is 31.7 Å². The van der Waals surface area contributed by atoms with Crippen LogP contribution in [-0.2, 0) is 11.3 Å². The van der Waals surface area contributed by atoms with E-state index in [9.17, 15) is 5.26 Å². The Morgan fingerprint density at radius 2 is 2.16 bits per heavy atom. The zero-order valence-corrected chi connectivity index (χ0v) is 11.4. The first-order valence-electron chi connectivity index (χ1n) is 6.75. The summed E-state index contributed by atoms with van der Waals surface area (Å²) in [6.07, 6.45) is 2.24. The molecule has 2 rings (SSSR count). The van der Waals surface area contributed by atoms with Gasteiger partial charge in [-0.2, -0.15) is 5.26 Å². The largest absolute Gasteiger partial charge is 0.384 e. The standard InChI is InChI=1S/C15H21N3O/c1-19-11-12-4-6-18(7-5-12)15-3-2-13(9-16)8-14(15)10-17/h2-3,8,12H,4-7,9,11,16H2,1H3. The summed E-state index contributed by atoms with van der Waals surface area (Å²) >= 11 is 0. The Morgan fingerprint density at radius 1 is 1.42 bits per heavy atom. The second-order valence-electron chi connectivity index (χ2n) is 5.05. The van der Waals surface area contributed by atoms with E-state index in [1.165, 1.54) is 0 Å². The molecule has 1 aromatic rings. The monoisotopic (exact) mass is 259 g/mol. The molecule has 0 amide bonds. The van der Waals surface area contributed by atoms with Gasteiger partial charge in [0.25, 0.3) is 0 Å². The van der Waals surface area contributed by atoms with Crippen molar-refractivity contribution in [2.24, 2.45) is 11.7 Å². The highest BCUT2D eigenvalue weighted by atomic mass is 16.5. The summed E-state index contributed by atoms with van der Waals surface area (Å²) in [4.78, 5) is 2.30. The van der Waals surface area contributed by atoms with Gasteiger partial charge in [-0.1, -0.05) is 6.07 Å². The van der Waals surface area contributed by atoms with Gasteiger partial charge in [-0.25, -0.2) is 0 Å². The normalized spacial score (nSPS) is 16.4. The van der Waals surface area contributed by atoms with Crippen LogP contribution in [0.3, 0.4) is 0 Å². The van der Waals surface area contributed by atoms with Gasteiger partial charge in [-0.15, -0.1) is 0 Å². The molecule has 0 unspecified atom stereocenters. The number of hydrogen-bond acceptors (Lipinski definition) is 4. The van der Waals surface area contributed by atoms with Crippen LogP contribution in [-0.4, -0.2) is 26.8 Å². The van der Waals surface area contributed by atoms with Crippen LogP contribution in [0.2, 0.25) is 0 Å². The Bertz CT molecular complexity index is 459. The van der Waals surface area contributed by atoms with E-state index in [-0.39, 0.29) is 0 Å². The molecule has 0 bridgehead atoms. The van der Waals surface area contributed by atoms with Gasteiger partial charge in [0.1, 0.15) is 6.07 Å². The smallest absolute Gasteiger partial charge is 0.101 e. The summed E-state index contributed by atoms with van der Waals surface area (Å²) < 4.78 is 5.21. The topological polar surface area (TPSA) is 62.3 Å². The molecular formula is C15H21N3O. The molecule has 0 aromatic heterocycles. The molecular weight excluding hydrogens is 238 g/mol. The molecule has 1 fully saturated rings. The molecule has 4 nitrogen and oxygen atoms in total. The number of methoxy groups -OCH3 is 1. The van der Waals surface area contributed by atoms with E-state index in [1.807, 2.05) is 18.2 Å². The molecule has 0 aliphatic carbocycles. The molecule has 1 heterocycles. The fourth-order valence-corrected chi connectivity index (χ4v) is 2.65. The zero-order valence-electron chi connectivity index (χ0n) is 11.4. The number of benzene rings is 1. The number of nitrogens with two attached hydrogens (primary N) is 1. The summed E-state index contributed by atoms with van der Waals surface area (Å²) in [6.45, 7) is 3.30. The first-order valence-corrected chi connectivity index (χ1v) is 6.75. The van der Waals surface area contributed by atoms with Crippen LogP contribution in [0.5, 0.6) is 0 Å². The van der Waals surface area contributed by atoms with Crippen LogP contribution < -0.4 is 10.6 Å². The summed E-state index contributed by atoms with van der Waals surface area (Å²) in [7, 11) is 1.76. The molecule has 2 N–H and O–H groups in total. The average Bonchev–Trinajstić information content (AvgIpc) is 2.48. The first-order chi connectivity index (χ1) is 9.28. The van der Waals surface area contributed by atoms with Crippen molar-refractivity contribution in [1.29, 1.82) is 5.26 Å². The third-order valence-electron chi connectivity index (χ3n) is 3.77. The highest BCUT2D eigenvalue weighted by Crippen LogP contribution is 2.27. The molecule has 4 heteroatoms. The third-order valence-corrected chi connectivity index (χ3v) is 3.77. The lowest BCUT2D eigenvalue weighted by Gasteiger charge is -2.33. The van der Waals surface area contributed by atoms with Crippen molar-refractivity contribution in [3.05, 3.63) is 29.3 Å². The SMILES string of the molecule is COCC1CCN(c2ccc(CN)cc2C#N)CC1. The van der Waals surface area contributed by atoms with Crippen molar-refractivity contribution in [2.45, 2.75) is 19.4 Å². The number of ether oxygens (including phenoxy) is 1. The Kier molecular flexibility index (Phi) is 4.78. The summed E-state index contributed by atoms with van der Waals surface area (Å²) in [6, 6.07) is 8.22. The van der Waals surface area contributed by atoms with Crippen molar-refractivity contribution in [3.63, 3.8) is 0 Å². The number of nitrogens with zero attached hydrogens (tertiary/aromatic N) is 2. The highest BCUT2D eigenvalue weighted by molar-refractivity contribution is 5.60. The van der Waals surface area contributed by atoms with E-state index in [2.05, 4.69) is 11.0 Å². The van der Waals surface area contributed by atoms with Crippen molar-refractivity contribution < 1.29 is 4.74 Å². The maximum Gasteiger partial charge on any atom is 0.101 e. The quantitative estimate of drug-likeness (QED) is 0.896. The molecule has 1 saturated heterocycles. The molecule has 1 aliphatic heterocycles. The van der Waals surface area contributed by atoms with E-state index in [0.29, 0.717) is 12.5 Å². The minimum Gasteiger partial charge on any atom is -0.384 e. The molecule has 19 heavy (non-hydrogen) atoms. The fourth-order valence-electron chi connectivity index (χ4n) is 2.65. The number of anilines is 1. The minimum absolute atomic E-state index is 0.477. The van der Waals surface area contributed by atoms with Crippen LogP contribution in [0, 0.1) is 17.2 Å². The van der Waals surface area contributed by atoms with E-state index in [4.69, 9.17) is 10.5 Å². The molecule has 0 saturated carbocycles. The van der Waals surface area contributed by atoms with Gasteiger partial charge in [-0.3, -0.25) is 0 Å². The van der Waals surface area contributed by atoms with Gasteiger partial charge in [0.15, 0.2) is 0 Å². The van der Waals surface area contributed by atoms with Crippen LogP contribution in [0.1, 0.15) is 24.0 Å². The molecule has 1 aromatic carbocycles. The lowest BCUT2D eigenvalue weighted by Crippen LogP contribution is -2.35. The maximum atomic E-state index is 9.27. The number of hydrogen-bond donors (Lipinski definition) is 1. The minimum atomic E-state index is 0.477. The summed E-state index contributed by atoms with van der Waals surface area (Å²) in [5, 5.41) is 9.27. The molecule has 0 atom stereocenters. The maximum absolute atomic E-state index is 9.27. The molecule has 102 valence electrons. The highest BCUT2D eigenvalue weighted by Gasteiger charge is 2.21. The second-order valence-corrected chi connectivity index (χ2v) is 5.05. The fraction of sp³-hybridized carbons (Fsp3) is 0.533. The van der Waals surface area contributed by atoms with Gasteiger partial charge >= 0.3 is 0 Å². The van der Waals surface area contributed by atoms with Crippen molar-refractivity contribution in [3.8, 4) is 6.07 Å². The number of rotatable bonds is 4. The average molecular weight is 259 g/mol. The molecule has 0 radical (unpaired) electrons. The summed E-state index contributed by atoms with van der Waals surface area (Å²) in [5.41, 5.74) is 8.39. The van der Waals surface area contributed by atoms with Gasteiger partial charge in [0.05, 0.1) is 11.3 Å². The zero-order chi connectivity index (χ0) is 13.7. The predicted molar refractivity (Wildman–Crippen MR) is 75.9 cm³/mol. The Balaban J connectivity index is 2.09. The van der Waals surface area contributed by atoms with Crippen LogP contribution in [0.25, 0.3) is 0 Å². The lowest BCUT2D eigenvalue weighted by atomic mass is 9.96. The summed E-state index contributed by atoms with van der Waals surface area (Å²) in [5.74, 6) is 0.648. The van der Waals surface area contributed by atoms with Gasteiger partial charge < -0.3 is 15.4 Å². The Morgan fingerprint density at radius 3 is 2.74 bits per heavy atom. The van der Waals surface area contributed by atoms with E-state index >= 15 is 0 Å². The molecule has 0 spiro atoms. The first kappa shape index (κ1) is 13.9.